The number of terminal acetylenes is 1. The Kier molecular flexibility index (Phi) is 6.92. The van der Waals surface area contributed by atoms with Gasteiger partial charge < -0.3 is 20.1 Å². The molecule has 0 radical (unpaired) electrons. The van der Waals surface area contributed by atoms with Crippen LogP contribution in [0.2, 0.25) is 0 Å². The van der Waals surface area contributed by atoms with Gasteiger partial charge in [0.15, 0.2) is 12.3 Å². The predicted molar refractivity (Wildman–Crippen MR) is 135 cm³/mol. The van der Waals surface area contributed by atoms with Crippen molar-refractivity contribution in [2.75, 3.05) is 24.4 Å². The van der Waals surface area contributed by atoms with Crippen molar-refractivity contribution in [2.45, 2.75) is 6.92 Å². The number of carbonyl (C=O) groups excluding carboxylic acids is 2. The van der Waals surface area contributed by atoms with Crippen LogP contribution in [0.5, 0.6) is 5.75 Å². The first-order chi connectivity index (χ1) is 17.4. The molecule has 36 heavy (non-hydrogen) atoms. The minimum Gasteiger partial charge on any atom is -0.495 e. The molecule has 0 unspecified atom stereocenters. The van der Waals surface area contributed by atoms with Crippen molar-refractivity contribution in [1.29, 1.82) is 0 Å². The molecule has 4 aromatic rings. The Morgan fingerprint density at radius 3 is 2.58 bits per heavy atom. The van der Waals surface area contributed by atoms with Crippen LogP contribution in [0.15, 0.2) is 65.6 Å². The van der Waals surface area contributed by atoms with Crippen molar-refractivity contribution < 1.29 is 19.1 Å². The highest BCUT2D eigenvalue weighted by Crippen LogP contribution is 2.27. The topological polar surface area (TPSA) is 124 Å². The summed E-state index contributed by atoms with van der Waals surface area (Å²) in [6.07, 6.45) is 7.18. The molecule has 0 saturated carbocycles. The summed E-state index contributed by atoms with van der Waals surface area (Å²) in [5.41, 5.74) is 1.88. The Morgan fingerprint density at radius 1 is 1.14 bits per heavy atom. The average molecular weight is 483 g/mol. The normalized spacial score (nSPS) is 10.4. The Hall–Kier alpha value is -5.17. The fourth-order valence-corrected chi connectivity index (χ4v) is 3.46. The Labute approximate surface area is 205 Å². The van der Waals surface area contributed by atoms with Crippen LogP contribution >= 0.6 is 0 Å². The van der Waals surface area contributed by atoms with E-state index in [1.54, 1.807) is 43.6 Å². The molecule has 2 heterocycles. The van der Waals surface area contributed by atoms with Crippen molar-refractivity contribution in [2.24, 2.45) is 0 Å². The zero-order valence-electron chi connectivity index (χ0n) is 19.4. The molecule has 0 aliphatic carbocycles. The molecular formula is C26H21N5O5. The SMILES string of the molecule is C#Cc1cc(=O)n(-c2ccc(NC(=O)COC(C)=O)cc2)c2nc(Nc3ccccc3OC)ncc12. The van der Waals surface area contributed by atoms with Gasteiger partial charge in [-0.2, -0.15) is 4.98 Å². The summed E-state index contributed by atoms with van der Waals surface area (Å²) in [4.78, 5) is 44.8. The molecular weight excluding hydrogens is 462 g/mol. The second kappa shape index (κ2) is 10.4. The number of aromatic nitrogens is 3. The van der Waals surface area contributed by atoms with Crippen molar-refractivity contribution >= 4 is 40.2 Å². The zero-order valence-corrected chi connectivity index (χ0v) is 19.4. The number of methoxy groups -OCH3 is 1. The molecule has 0 aliphatic rings. The monoisotopic (exact) mass is 483 g/mol. The van der Waals surface area contributed by atoms with Crippen LogP contribution in [0.25, 0.3) is 16.7 Å². The number of nitrogens with zero attached hydrogens (tertiary/aromatic N) is 3. The minimum absolute atomic E-state index is 0.240. The van der Waals surface area contributed by atoms with Gasteiger partial charge in [-0.1, -0.05) is 18.1 Å². The van der Waals surface area contributed by atoms with Crippen molar-refractivity contribution in [3.8, 4) is 23.8 Å². The summed E-state index contributed by atoms with van der Waals surface area (Å²) in [6.45, 7) is 0.823. The van der Waals surface area contributed by atoms with Crippen LogP contribution in [-0.2, 0) is 14.3 Å². The summed E-state index contributed by atoms with van der Waals surface area (Å²) in [5.74, 6) is 2.31. The number of rotatable bonds is 7. The van der Waals surface area contributed by atoms with Crippen molar-refractivity contribution in [1.82, 2.24) is 14.5 Å². The van der Waals surface area contributed by atoms with E-state index in [2.05, 4.69) is 31.3 Å². The summed E-state index contributed by atoms with van der Waals surface area (Å²) < 4.78 is 11.4. The van der Waals surface area contributed by atoms with Crippen molar-refractivity contribution in [3.63, 3.8) is 0 Å². The molecule has 0 bridgehead atoms. The number of esters is 1. The van der Waals surface area contributed by atoms with Crippen LogP contribution in [0.4, 0.5) is 17.3 Å². The molecule has 1 amide bonds. The predicted octanol–water partition coefficient (Wildman–Crippen LogP) is 3.02. The molecule has 10 nitrogen and oxygen atoms in total. The van der Waals surface area contributed by atoms with Gasteiger partial charge in [-0.25, -0.2) is 4.98 Å². The fraction of sp³-hybridized carbons (Fsp3) is 0.115. The van der Waals surface area contributed by atoms with Gasteiger partial charge >= 0.3 is 5.97 Å². The van der Waals surface area contributed by atoms with Gasteiger partial charge in [0, 0.05) is 30.4 Å². The molecule has 10 heteroatoms. The van der Waals surface area contributed by atoms with Gasteiger partial charge in [0.05, 0.1) is 23.9 Å². The van der Waals surface area contributed by atoms with Gasteiger partial charge in [-0.3, -0.25) is 19.0 Å². The lowest BCUT2D eigenvalue weighted by atomic mass is 10.1. The summed E-state index contributed by atoms with van der Waals surface area (Å²) >= 11 is 0. The molecule has 2 aromatic heterocycles. The molecule has 0 saturated heterocycles. The number of anilines is 3. The van der Waals surface area contributed by atoms with Crippen LogP contribution in [0.3, 0.4) is 0 Å². The van der Waals surface area contributed by atoms with E-state index in [1.165, 1.54) is 17.6 Å². The van der Waals surface area contributed by atoms with Gasteiger partial charge in [0.2, 0.25) is 5.95 Å². The van der Waals surface area contributed by atoms with E-state index in [0.717, 1.165) is 0 Å². The molecule has 180 valence electrons. The largest absolute Gasteiger partial charge is 0.495 e. The number of amides is 1. The van der Waals surface area contributed by atoms with E-state index >= 15 is 0 Å². The molecule has 2 N–H and O–H groups in total. The van der Waals surface area contributed by atoms with E-state index in [4.69, 9.17) is 11.2 Å². The number of para-hydroxylation sites is 2. The maximum Gasteiger partial charge on any atom is 0.303 e. The fourth-order valence-electron chi connectivity index (χ4n) is 3.46. The number of ether oxygens (including phenoxy) is 2. The lowest BCUT2D eigenvalue weighted by Crippen LogP contribution is -2.21. The van der Waals surface area contributed by atoms with E-state index in [9.17, 15) is 14.4 Å². The average Bonchev–Trinajstić information content (AvgIpc) is 2.88. The summed E-state index contributed by atoms with van der Waals surface area (Å²) in [5, 5.41) is 6.24. The molecule has 0 atom stereocenters. The van der Waals surface area contributed by atoms with Gasteiger partial charge in [-0.15, -0.1) is 6.42 Å². The number of hydrogen-bond donors (Lipinski definition) is 2. The highest BCUT2D eigenvalue weighted by molar-refractivity contribution is 5.92. The maximum absolute atomic E-state index is 13.0. The highest BCUT2D eigenvalue weighted by atomic mass is 16.5. The second-order valence-corrected chi connectivity index (χ2v) is 7.51. The first-order valence-electron chi connectivity index (χ1n) is 10.7. The first kappa shape index (κ1) is 24.0. The zero-order chi connectivity index (χ0) is 25.7. The van der Waals surface area contributed by atoms with Crippen LogP contribution in [-0.4, -0.2) is 40.1 Å². The summed E-state index contributed by atoms with van der Waals surface area (Å²) in [6, 6.07) is 15.1. The Balaban J connectivity index is 1.72. The third kappa shape index (κ3) is 5.15. The number of carbonyl (C=O) groups is 2. The minimum atomic E-state index is -0.552. The Bertz CT molecular complexity index is 1550. The number of benzene rings is 2. The van der Waals surface area contributed by atoms with Crippen LogP contribution in [0, 0.1) is 12.3 Å². The van der Waals surface area contributed by atoms with E-state index < -0.39 is 18.5 Å². The van der Waals surface area contributed by atoms with Gasteiger partial charge in [0.1, 0.15) is 5.75 Å². The smallest absolute Gasteiger partial charge is 0.303 e. The molecule has 2 aromatic carbocycles. The first-order valence-corrected chi connectivity index (χ1v) is 10.7. The van der Waals surface area contributed by atoms with E-state index in [0.29, 0.717) is 39.4 Å². The summed E-state index contributed by atoms with van der Waals surface area (Å²) in [7, 11) is 1.56. The molecule has 0 spiro atoms. The van der Waals surface area contributed by atoms with Gasteiger partial charge in [0.25, 0.3) is 11.5 Å². The standard InChI is InChI=1S/C26H21N5O5/c1-4-17-13-24(34)31(19-11-9-18(10-12-19)28-23(33)15-36-16(2)32)25-20(17)14-27-26(30-25)29-21-7-5-6-8-22(21)35-3/h1,5-14H,15H2,2-3H3,(H,28,33)(H,27,29,30). The lowest BCUT2D eigenvalue weighted by Gasteiger charge is -2.14. The van der Waals surface area contributed by atoms with E-state index in [-0.39, 0.29) is 11.5 Å². The molecule has 4 rings (SSSR count). The number of fused-ring (bicyclic) bond motifs is 1. The number of hydrogen-bond acceptors (Lipinski definition) is 8. The van der Waals surface area contributed by atoms with Crippen LogP contribution in [0.1, 0.15) is 12.5 Å². The van der Waals surface area contributed by atoms with Crippen LogP contribution < -0.4 is 20.9 Å². The maximum atomic E-state index is 13.0. The molecule has 0 fully saturated rings. The lowest BCUT2D eigenvalue weighted by molar-refractivity contribution is -0.144. The third-order valence-corrected chi connectivity index (χ3v) is 5.08. The Morgan fingerprint density at radius 2 is 1.89 bits per heavy atom. The number of pyridine rings is 1. The van der Waals surface area contributed by atoms with E-state index in [1.807, 2.05) is 18.2 Å². The second-order valence-electron chi connectivity index (χ2n) is 7.51. The third-order valence-electron chi connectivity index (χ3n) is 5.08. The quantitative estimate of drug-likeness (QED) is 0.304. The highest BCUT2D eigenvalue weighted by Gasteiger charge is 2.14. The number of nitrogens with one attached hydrogen (secondary N) is 2. The van der Waals surface area contributed by atoms with Crippen molar-refractivity contribution in [3.05, 3.63) is 76.7 Å². The molecule has 0 aliphatic heterocycles. The van der Waals surface area contributed by atoms with Gasteiger partial charge in [-0.05, 0) is 36.4 Å².